The number of para-hydroxylation sites is 1. The second kappa shape index (κ2) is 7.55. The number of nitrogens with one attached hydrogen (secondary N) is 2. The summed E-state index contributed by atoms with van der Waals surface area (Å²) in [5.41, 5.74) is 0.957. The van der Waals surface area contributed by atoms with E-state index in [1.54, 1.807) is 16.3 Å². The molecule has 1 aromatic carbocycles. The number of thiophene rings is 1. The van der Waals surface area contributed by atoms with Gasteiger partial charge >= 0.3 is 0 Å². The zero-order valence-corrected chi connectivity index (χ0v) is 17.7. The maximum absolute atomic E-state index is 13.0. The van der Waals surface area contributed by atoms with Crippen LogP contribution in [0.5, 0.6) is 0 Å². The van der Waals surface area contributed by atoms with E-state index in [-0.39, 0.29) is 28.6 Å². The molecule has 2 atom stereocenters. The van der Waals surface area contributed by atoms with Gasteiger partial charge in [0, 0.05) is 12.2 Å². The molecule has 0 saturated carbocycles. The number of hydrogen-bond donors (Lipinski definition) is 2. The van der Waals surface area contributed by atoms with Crippen molar-refractivity contribution in [2.45, 2.75) is 41.9 Å². The predicted molar refractivity (Wildman–Crippen MR) is 111 cm³/mol. The summed E-state index contributed by atoms with van der Waals surface area (Å²) in [5.74, 6) is -0.385. The van der Waals surface area contributed by atoms with E-state index in [9.17, 15) is 18.0 Å². The second-order valence-electron chi connectivity index (χ2n) is 7.37. The number of nitrogens with zero attached hydrogens (tertiary/aromatic N) is 1. The van der Waals surface area contributed by atoms with Crippen LogP contribution in [0.2, 0.25) is 0 Å². The summed E-state index contributed by atoms with van der Waals surface area (Å²) in [6, 6.07) is 10.5. The van der Waals surface area contributed by atoms with Gasteiger partial charge in [0.05, 0.1) is 18.0 Å². The minimum absolute atomic E-state index is 0.0772. The lowest BCUT2D eigenvalue weighted by atomic mass is 9.73. The minimum Gasteiger partial charge on any atom is -0.337 e. The van der Waals surface area contributed by atoms with E-state index in [0.717, 1.165) is 29.0 Å². The molecule has 7 nitrogen and oxygen atoms in total. The highest BCUT2D eigenvalue weighted by Gasteiger charge is 2.58. The monoisotopic (exact) mass is 433 g/mol. The van der Waals surface area contributed by atoms with Gasteiger partial charge in [-0.3, -0.25) is 9.59 Å². The third-order valence-corrected chi connectivity index (χ3v) is 8.61. The molecule has 29 heavy (non-hydrogen) atoms. The Labute approximate surface area is 174 Å². The van der Waals surface area contributed by atoms with Gasteiger partial charge in [0.15, 0.2) is 0 Å². The topological polar surface area (TPSA) is 95.6 Å². The Morgan fingerprint density at radius 2 is 2.10 bits per heavy atom. The molecule has 0 aliphatic carbocycles. The van der Waals surface area contributed by atoms with Gasteiger partial charge in [-0.2, -0.15) is 0 Å². The first-order chi connectivity index (χ1) is 13.9. The first-order valence-electron chi connectivity index (χ1n) is 9.64. The first-order valence-corrected chi connectivity index (χ1v) is 12.0. The van der Waals surface area contributed by atoms with Gasteiger partial charge in [0.2, 0.25) is 11.8 Å². The summed E-state index contributed by atoms with van der Waals surface area (Å²) in [7, 11) is -3.72. The number of likely N-dealkylation sites (tertiary alicyclic amines) is 1. The molecule has 2 aliphatic rings. The summed E-state index contributed by atoms with van der Waals surface area (Å²) in [4.78, 5) is 27.7. The number of benzene rings is 1. The Morgan fingerprint density at radius 1 is 1.31 bits per heavy atom. The van der Waals surface area contributed by atoms with Crippen LogP contribution in [-0.4, -0.2) is 44.3 Å². The van der Waals surface area contributed by atoms with Crippen LogP contribution in [0.15, 0.2) is 46.0 Å². The Kier molecular flexibility index (Phi) is 5.22. The fourth-order valence-electron chi connectivity index (χ4n) is 4.52. The second-order valence-corrected chi connectivity index (χ2v) is 10.3. The van der Waals surface area contributed by atoms with Crippen molar-refractivity contribution in [3.8, 4) is 0 Å². The van der Waals surface area contributed by atoms with Crippen LogP contribution in [0.4, 0.5) is 5.69 Å². The van der Waals surface area contributed by atoms with Crippen LogP contribution in [-0.2, 0) is 25.0 Å². The normalized spacial score (nSPS) is 23.4. The lowest BCUT2D eigenvalue weighted by molar-refractivity contribution is -0.132. The number of carbonyl (C=O) groups excluding carboxylic acids is 2. The van der Waals surface area contributed by atoms with Crippen molar-refractivity contribution in [1.82, 2.24) is 9.62 Å². The van der Waals surface area contributed by atoms with Crippen molar-refractivity contribution in [3.63, 3.8) is 0 Å². The van der Waals surface area contributed by atoms with Gasteiger partial charge in [0.1, 0.15) is 4.21 Å². The van der Waals surface area contributed by atoms with Gasteiger partial charge in [-0.1, -0.05) is 37.6 Å². The average Bonchev–Trinajstić information content (AvgIpc) is 3.42. The van der Waals surface area contributed by atoms with Crippen LogP contribution in [0.25, 0.3) is 0 Å². The molecule has 154 valence electrons. The van der Waals surface area contributed by atoms with Crippen molar-refractivity contribution < 1.29 is 18.0 Å². The molecular formula is C20H23N3O4S2. The van der Waals surface area contributed by atoms with Gasteiger partial charge < -0.3 is 10.2 Å². The van der Waals surface area contributed by atoms with Crippen LogP contribution >= 0.6 is 11.3 Å². The van der Waals surface area contributed by atoms with Gasteiger partial charge in [0.25, 0.3) is 10.0 Å². The van der Waals surface area contributed by atoms with Gasteiger partial charge in [-0.25, -0.2) is 13.1 Å². The fraction of sp³-hybridized carbons (Fsp3) is 0.400. The third-order valence-electron chi connectivity index (χ3n) is 5.81. The molecule has 3 heterocycles. The summed E-state index contributed by atoms with van der Waals surface area (Å²) in [6.45, 7) is 2.12. The van der Waals surface area contributed by atoms with Crippen LogP contribution < -0.4 is 10.0 Å². The van der Waals surface area contributed by atoms with Crippen molar-refractivity contribution in [2.75, 3.05) is 18.4 Å². The number of carbonyl (C=O) groups is 2. The standard InChI is InChI=1S/C20H23N3O4S2/c1-2-6-16-20(14-7-3-4-8-15(14)22-19(20)25)10-11-23(16)17(24)13-21-29(26,27)18-9-5-12-28-18/h3-5,7-9,12,16,21H,2,6,10-11,13H2,1H3,(H,22,25)/t16-,20+/m0/s1. The molecule has 4 rings (SSSR count). The molecule has 1 saturated heterocycles. The van der Waals surface area contributed by atoms with E-state index in [0.29, 0.717) is 19.4 Å². The van der Waals surface area contributed by atoms with Crippen molar-refractivity contribution in [3.05, 3.63) is 47.3 Å². The molecule has 2 amide bonds. The van der Waals surface area contributed by atoms with Crippen LogP contribution in [0.3, 0.4) is 0 Å². The quantitative estimate of drug-likeness (QED) is 0.731. The summed E-state index contributed by atoms with van der Waals surface area (Å²) < 4.78 is 27.3. The number of anilines is 1. The average molecular weight is 434 g/mol. The SMILES string of the molecule is CCC[C@@H]1N(C(=O)CNS(=O)(=O)c2cccs2)CC[C@]12C(=O)Nc1ccccc12. The lowest BCUT2D eigenvalue weighted by Crippen LogP contribution is -2.50. The first kappa shape index (κ1) is 20.1. The Bertz CT molecular complexity index is 1040. The Hall–Kier alpha value is -2.23. The number of hydrogen-bond acceptors (Lipinski definition) is 5. The van der Waals surface area contributed by atoms with E-state index in [4.69, 9.17) is 0 Å². The van der Waals surface area contributed by atoms with Crippen LogP contribution in [0.1, 0.15) is 31.7 Å². The molecule has 1 aromatic heterocycles. The Balaban J connectivity index is 1.57. The van der Waals surface area contributed by atoms with Crippen molar-refractivity contribution in [1.29, 1.82) is 0 Å². The largest absolute Gasteiger partial charge is 0.337 e. The zero-order chi connectivity index (χ0) is 20.6. The summed E-state index contributed by atoms with van der Waals surface area (Å²) >= 11 is 1.10. The molecule has 2 N–H and O–H groups in total. The number of rotatable bonds is 6. The van der Waals surface area contributed by atoms with Crippen LogP contribution in [0, 0.1) is 0 Å². The van der Waals surface area contributed by atoms with Gasteiger partial charge in [-0.15, -0.1) is 11.3 Å². The van der Waals surface area contributed by atoms with Gasteiger partial charge in [-0.05, 0) is 35.9 Å². The predicted octanol–water partition coefficient (Wildman–Crippen LogP) is 2.32. The molecule has 9 heteroatoms. The summed E-state index contributed by atoms with van der Waals surface area (Å²) in [5, 5.41) is 4.64. The smallest absolute Gasteiger partial charge is 0.250 e. The highest BCUT2D eigenvalue weighted by Crippen LogP contribution is 2.49. The summed E-state index contributed by atoms with van der Waals surface area (Å²) in [6.07, 6.45) is 2.02. The van der Waals surface area contributed by atoms with E-state index >= 15 is 0 Å². The molecule has 1 fully saturated rings. The van der Waals surface area contributed by atoms with E-state index < -0.39 is 15.4 Å². The Morgan fingerprint density at radius 3 is 2.83 bits per heavy atom. The maximum atomic E-state index is 13.0. The molecule has 1 spiro atoms. The molecule has 2 aromatic rings. The number of sulfonamides is 1. The van der Waals surface area contributed by atoms with Crippen molar-refractivity contribution >= 4 is 38.9 Å². The third kappa shape index (κ3) is 3.27. The highest BCUT2D eigenvalue weighted by atomic mass is 32.2. The molecule has 0 bridgehead atoms. The minimum atomic E-state index is -3.72. The van der Waals surface area contributed by atoms with E-state index in [2.05, 4.69) is 10.0 Å². The maximum Gasteiger partial charge on any atom is 0.250 e. The zero-order valence-electron chi connectivity index (χ0n) is 16.1. The van der Waals surface area contributed by atoms with E-state index in [1.165, 1.54) is 6.07 Å². The lowest BCUT2D eigenvalue weighted by Gasteiger charge is -2.34. The number of fused-ring (bicyclic) bond motifs is 2. The highest BCUT2D eigenvalue weighted by molar-refractivity contribution is 7.91. The van der Waals surface area contributed by atoms with Crippen molar-refractivity contribution in [2.24, 2.45) is 0 Å². The fourth-order valence-corrected chi connectivity index (χ4v) is 6.53. The molecule has 0 radical (unpaired) electrons. The molecule has 2 aliphatic heterocycles. The molecular weight excluding hydrogens is 410 g/mol. The number of amides is 2. The molecule has 0 unspecified atom stereocenters. The van der Waals surface area contributed by atoms with E-state index in [1.807, 2.05) is 31.2 Å².